The molecule has 1 amide bonds. The normalized spacial score (nSPS) is 14.5. The fourth-order valence-corrected chi connectivity index (χ4v) is 4.66. The van der Waals surface area contributed by atoms with Crippen LogP contribution in [0.25, 0.3) is 6.08 Å². The van der Waals surface area contributed by atoms with Gasteiger partial charge in [-0.05, 0) is 53.6 Å². The first kappa shape index (κ1) is 25.6. The third kappa shape index (κ3) is 6.01. The van der Waals surface area contributed by atoms with Crippen LogP contribution in [-0.2, 0) is 10.5 Å². The van der Waals surface area contributed by atoms with Crippen molar-refractivity contribution in [1.29, 1.82) is 0 Å². The van der Waals surface area contributed by atoms with Crippen LogP contribution in [0.5, 0.6) is 5.75 Å². The molecular weight excluding hydrogens is 535 g/mol. The second-order valence-electron chi connectivity index (χ2n) is 7.31. The lowest BCUT2D eigenvalue weighted by Gasteiger charge is -2.18. The van der Waals surface area contributed by atoms with Gasteiger partial charge in [-0.25, -0.2) is 4.99 Å². The predicted molar refractivity (Wildman–Crippen MR) is 137 cm³/mol. The quantitative estimate of drug-likeness (QED) is 0.177. The fourth-order valence-electron chi connectivity index (χ4n) is 3.23. The third-order valence-corrected chi connectivity index (χ3v) is 6.49. The Labute approximate surface area is 218 Å². The molecule has 0 unspecified atom stereocenters. The van der Waals surface area contributed by atoms with Crippen molar-refractivity contribution in [1.82, 2.24) is 0 Å². The maximum absolute atomic E-state index is 13.3. The smallest absolute Gasteiger partial charge is 0.387 e. The molecule has 3 aromatic carbocycles. The van der Waals surface area contributed by atoms with Crippen LogP contribution in [0.2, 0.25) is 10.0 Å². The molecule has 3 aromatic rings. The number of non-ortho nitro benzene ring substituents is 1. The SMILES string of the molecule is O=C1/C(=C/c2ccc(Cl)cc2Cl)N=C(SCc2ccc([N+](=O)[O-])cc2)N1c1ccc(OC(F)F)cc1. The minimum atomic E-state index is -2.97. The van der Waals surface area contributed by atoms with Gasteiger partial charge in [0.05, 0.1) is 10.6 Å². The Morgan fingerprint density at radius 1 is 1.08 bits per heavy atom. The number of alkyl halides is 2. The second-order valence-corrected chi connectivity index (χ2v) is 9.10. The van der Waals surface area contributed by atoms with Crippen molar-refractivity contribution in [3.8, 4) is 5.75 Å². The standard InChI is InChI=1S/C24H15Cl2F2N3O4S/c25-16-4-3-15(20(26)12-16)11-21-22(32)30(17-7-9-19(10-8-17)35-23(27)28)24(29-21)36-13-14-1-5-18(6-2-14)31(33)34/h1-12,23H,13H2/b21-11-. The van der Waals surface area contributed by atoms with Gasteiger partial charge in [0.15, 0.2) is 5.17 Å². The molecule has 0 bridgehead atoms. The molecule has 0 spiro atoms. The average molecular weight is 550 g/mol. The van der Waals surface area contributed by atoms with E-state index < -0.39 is 17.4 Å². The Morgan fingerprint density at radius 2 is 1.78 bits per heavy atom. The second kappa shape index (κ2) is 11.1. The molecule has 0 aliphatic carbocycles. The minimum Gasteiger partial charge on any atom is -0.435 e. The van der Waals surface area contributed by atoms with Crippen LogP contribution in [0.3, 0.4) is 0 Å². The molecular formula is C24H15Cl2F2N3O4S. The number of thioether (sulfide) groups is 1. The monoisotopic (exact) mass is 549 g/mol. The molecule has 0 aromatic heterocycles. The van der Waals surface area contributed by atoms with Crippen LogP contribution < -0.4 is 9.64 Å². The van der Waals surface area contributed by atoms with E-state index in [1.807, 2.05) is 0 Å². The zero-order valence-electron chi connectivity index (χ0n) is 18.1. The molecule has 0 atom stereocenters. The lowest BCUT2D eigenvalue weighted by molar-refractivity contribution is -0.384. The van der Waals surface area contributed by atoms with Gasteiger partial charge in [0.25, 0.3) is 11.6 Å². The summed E-state index contributed by atoms with van der Waals surface area (Å²) in [6.45, 7) is -2.97. The van der Waals surface area contributed by atoms with Gasteiger partial charge in [-0.2, -0.15) is 8.78 Å². The van der Waals surface area contributed by atoms with Gasteiger partial charge >= 0.3 is 6.61 Å². The van der Waals surface area contributed by atoms with Crippen LogP contribution in [-0.4, -0.2) is 22.6 Å². The summed E-state index contributed by atoms with van der Waals surface area (Å²) in [5, 5.41) is 12.0. The lowest BCUT2D eigenvalue weighted by atomic mass is 10.2. The summed E-state index contributed by atoms with van der Waals surface area (Å²) >= 11 is 13.4. The molecule has 4 rings (SSSR count). The number of ether oxygens (including phenoxy) is 1. The maximum atomic E-state index is 13.3. The highest BCUT2D eigenvalue weighted by Crippen LogP contribution is 2.33. The van der Waals surface area contributed by atoms with Crippen molar-refractivity contribution in [3.05, 3.63) is 104 Å². The summed E-state index contributed by atoms with van der Waals surface area (Å²) in [6, 6.07) is 16.4. The van der Waals surface area contributed by atoms with Crippen LogP contribution in [0.4, 0.5) is 20.2 Å². The Kier molecular flexibility index (Phi) is 7.88. The van der Waals surface area contributed by atoms with Crippen molar-refractivity contribution in [2.45, 2.75) is 12.4 Å². The van der Waals surface area contributed by atoms with Crippen LogP contribution >= 0.6 is 35.0 Å². The first-order chi connectivity index (χ1) is 17.2. The number of halogens is 4. The Hall–Kier alpha value is -3.47. The molecule has 0 N–H and O–H groups in total. The summed E-state index contributed by atoms with van der Waals surface area (Å²) in [6.07, 6.45) is 1.53. The van der Waals surface area contributed by atoms with E-state index in [4.69, 9.17) is 23.2 Å². The van der Waals surface area contributed by atoms with Crippen molar-refractivity contribution >= 4 is 63.5 Å². The fraction of sp³-hybridized carbons (Fsp3) is 0.0833. The number of rotatable bonds is 7. The number of hydrogen-bond donors (Lipinski definition) is 0. The van der Waals surface area contributed by atoms with E-state index in [1.165, 1.54) is 59.1 Å². The van der Waals surface area contributed by atoms with Gasteiger partial charge in [-0.1, -0.05) is 53.2 Å². The van der Waals surface area contributed by atoms with Gasteiger partial charge in [-0.3, -0.25) is 19.8 Å². The summed E-state index contributed by atoms with van der Waals surface area (Å²) < 4.78 is 29.4. The van der Waals surface area contributed by atoms with Crippen LogP contribution in [0.1, 0.15) is 11.1 Å². The number of hydrogen-bond acceptors (Lipinski definition) is 6. The largest absolute Gasteiger partial charge is 0.435 e. The number of benzene rings is 3. The van der Waals surface area contributed by atoms with Crippen LogP contribution in [0, 0.1) is 10.1 Å². The molecule has 12 heteroatoms. The van der Waals surface area contributed by atoms with Gasteiger partial charge in [0.1, 0.15) is 11.4 Å². The van der Waals surface area contributed by atoms with E-state index in [1.54, 1.807) is 30.3 Å². The zero-order chi connectivity index (χ0) is 25.8. The summed E-state index contributed by atoms with van der Waals surface area (Å²) in [5.74, 6) is -0.141. The van der Waals surface area contributed by atoms with Gasteiger partial charge < -0.3 is 4.74 Å². The highest BCUT2D eigenvalue weighted by molar-refractivity contribution is 8.13. The van der Waals surface area contributed by atoms with Crippen molar-refractivity contribution in [2.24, 2.45) is 4.99 Å². The number of amides is 1. The van der Waals surface area contributed by atoms with E-state index in [2.05, 4.69) is 9.73 Å². The molecule has 1 aliphatic rings. The molecule has 0 saturated carbocycles. The highest BCUT2D eigenvalue weighted by Gasteiger charge is 2.32. The topological polar surface area (TPSA) is 85.0 Å². The zero-order valence-corrected chi connectivity index (χ0v) is 20.4. The Balaban J connectivity index is 1.64. The van der Waals surface area contributed by atoms with Gasteiger partial charge in [0, 0.05) is 27.9 Å². The lowest BCUT2D eigenvalue weighted by Crippen LogP contribution is -2.30. The number of carbonyl (C=O) groups excluding carboxylic acids is 1. The number of aliphatic imine (C=N–C) groups is 1. The van der Waals surface area contributed by atoms with Gasteiger partial charge in [-0.15, -0.1) is 0 Å². The number of carbonyl (C=O) groups is 1. The van der Waals surface area contributed by atoms with E-state index in [9.17, 15) is 23.7 Å². The molecule has 0 radical (unpaired) electrons. The van der Waals surface area contributed by atoms with E-state index in [0.717, 1.165) is 5.56 Å². The molecule has 1 heterocycles. The number of amidine groups is 1. The number of nitrogens with zero attached hydrogens (tertiary/aromatic N) is 3. The summed E-state index contributed by atoms with van der Waals surface area (Å²) in [4.78, 5) is 29.6. The minimum absolute atomic E-state index is 0.0325. The molecule has 1 aliphatic heterocycles. The molecule has 0 fully saturated rings. The number of anilines is 1. The first-order valence-corrected chi connectivity index (χ1v) is 12.0. The Morgan fingerprint density at radius 3 is 2.39 bits per heavy atom. The highest BCUT2D eigenvalue weighted by atomic mass is 35.5. The Bertz CT molecular complexity index is 1370. The van der Waals surface area contributed by atoms with E-state index in [-0.39, 0.29) is 17.1 Å². The molecule has 36 heavy (non-hydrogen) atoms. The molecule has 7 nitrogen and oxygen atoms in total. The maximum Gasteiger partial charge on any atom is 0.387 e. The van der Waals surface area contributed by atoms with E-state index >= 15 is 0 Å². The number of nitro groups is 1. The predicted octanol–water partition coefficient (Wildman–Crippen LogP) is 7.18. The van der Waals surface area contributed by atoms with Crippen LogP contribution in [0.15, 0.2) is 77.4 Å². The number of nitro benzene ring substituents is 1. The van der Waals surface area contributed by atoms with Crippen molar-refractivity contribution in [2.75, 3.05) is 4.90 Å². The molecule has 0 saturated heterocycles. The van der Waals surface area contributed by atoms with Crippen molar-refractivity contribution < 1.29 is 23.2 Å². The third-order valence-electron chi connectivity index (χ3n) is 4.92. The first-order valence-electron chi connectivity index (χ1n) is 10.2. The van der Waals surface area contributed by atoms with E-state index in [0.29, 0.717) is 32.2 Å². The average Bonchev–Trinajstić information content (AvgIpc) is 3.14. The summed E-state index contributed by atoms with van der Waals surface area (Å²) in [7, 11) is 0. The van der Waals surface area contributed by atoms with Crippen molar-refractivity contribution in [3.63, 3.8) is 0 Å². The summed E-state index contributed by atoms with van der Waals surface area (Å²) in [5.41, 5.74) is 1.78. The van der Waals surface area contributed by atoms with Gasteiger partial charge in [0.2, 0.25) is 0 Å². The molecule has 184 valence electrons.